The first-order valence-corrected chi connectivity index (χ1v) is 9.12. The maximum Gasteiger partial charge on any atom is 0.320 e. The second-order valence-electron chi connectivity index (χ2n) is 6.60. The van der Waals surface area contributed by atoms with Crippen molar-refractivity contribution in [3.05, 3.63) is 30.2 Å². The lowest BCUT2D eigenvalue weighted by Gasteiger charge is -2.42. The molecular formula is C18H22FN5O3. The van der Waals surface area contributed by atoms with Crippen LogP contribution in [0.2, 0.25) is 0 Å². The van der Waals surface area contributed by atoms with Crippen LogP contribution in [0.3, 0.4) is 0 Å². The number of halogens is 1. The number of ether oxygens (including phenoxy) is 2. The zero-order valence-corrected chi connectivity index (χ0v) is 15.2. The second kappa shape index (κ2) is 7.51. The minimum absolute atomic E-state index is 0.0449. The van der Waals surface area contributed by atoms with Crippen LogP contribution >= 0.6 is 0 Å². The van der Waals surface area contributed by atoms with Gasteiger partial charge in [-0.05, 0) is 25.1 Å². The molecule has 2 aliphatic heterocycles. The highest BCUT2D eigenvalue weighted by Crippen LogP contribution is 2.27. The molecule has 2 fully saturated rings. The third-order valence-electron chi connectivity index (χ3n) is 4.83. The van der Waals surface area contributed by atoms with Gasteiger partial charge in [-0.1, -0.05) is 5.21 Å². The molecule has 3 heterocycles. The summed E-state index contributed by atoms with van der Waals surface area (Å²) in [5.74, 6) is -0.195. The Kier molecular flexibility index (Phi) is 4.93. The van der Waals surface area contributed by atoms with E-state index in [1.807, 2.05) is 11.8 Å². The summed E-state index contributed by atoms with van der Waals surface area (Å²) in [7, 11) is 0. The van der Waals surface area contributed by atoms with Crippen molar-refractivity contribution in [2.45, 2.75) is 13.0 Å². The largest absolute Gasteiger partial charge is 0.491 e. The molecule has 2 aliphatic rings. The van der Waals surface area contributed by atoms with Crippen LogP contribution in [0, 0.1) is 5.82 Å². The molecule has 27 heavy (non-hydrogen) atoms. The lowest BCUT2D eigenvalue weighted by molar-refractivity contribution is 0.0289. The maximum atomic E-state index is 14.0. The zero-order chi connectivity index (χ0) is 18.8. The van der Waals surface area contributed by atoms with Gasteiger partial charge in [-0.25, -0.2) is 13.9 Å². The summed E-state index contributed by atoms with van der Waals surface area (Å²) in [6, 6.07) is 4.89. The van der Waals surface area contributed by atoms with Crippen molar-refractivity contribution in [1.82, 2.24) is 24.8 Å². The molecule has 8 nitrogen and oxygen atoms in total. The van der Waals surface area contributed by atoms with Gasteiger partial charge < -0.3 is 19.3 Å². The Morgan fingerprint density at radius 3 is 2.78 bits per heavy atom. The van der Waals surface area contributed by atoms with E-state index in [1.165, 1.54) is 6.07 Å². The molecule has 1 aromatic heterocycles. The number of morpholine rings is 1. The first-order chi connectivity index (χ1) is 13.2. The Morgan fingerprint density at radius 2 is 2.07 bits per heavy atom. The van der Waals surface area contributed by atoms with E-state index >= 15 is 0 Å². The fraction of sp³-hybridized carbons (Fsp3) is 0.500. The van der Waals surface area contributed by atoms with Crippen molar-refractivity contribution < 1.29 is 18.7 Å². The van der Waals surface area contributed by atoms with Gasteiger partial charge in [0.2, 0.25) is 0 Å². The Hall–Kier alpha value is -2.68. The summed E-state index contributed by atoms with van der Waals surface area (Å²) in [5.41, 5.74) is 1.23. The quantitative estimate of drug-likeness (QED) is 0.815. The molecule has 0 spiro atoms. The number of amides is 2. The molecule has 0 unspecified atom stereocenters. The van der Waals surface area contributed by atoms with Gasteiger partial charge in [-0.3, -0.25) is 0 Å². The van der Waals surface area contributed by atoms with E-state index in [0.717, 1.165) is 0 Å². The second-order valence-corrected chi connectivity index (χ2v) is 6.60. The molecule has 144 valence electrons. The van der Waals surface area contributed by atoms with Gasteiger partial charge in [0.25, 0.3) is 0 Å². The molecule has 0 aliphatic carbocycles. The number of likely N-dealkylation sites (tertiary alicyclic amines) is 1. The Morgan fingerprint density at radius 1 is 1.30 bits per heavy atom. The van der Waals surface area contributed by atoms with Crippen LogP contribution in [0.4, 0.5) is 9.18 Å². The highest BCUT2D eigenvalue weighted by atomic mass is 19.1. The van der Waals surface area contributed by atoms with Crippen LogP contribution in [0.1, 0.15) is 13.0 Å². The fourth-order valence-corrected chi connectivity index (χ4v) is 3.25. The van der Waals surface area contributed by atoms with Crippen LogP contribution in [0.15, 0.2) is 24.4 Å². The van der Waals surface area contributed by atoms with Crippen LogP contribution in [0.5, 0.6) is 5.75 Å². The average molecular weight is 375 g/mol. The number of benzene rings is 1. The Balaban J connectivity index is 1.38. The van der Waals surface area contributed by atoms with E-state index in [4.69, 9.17) is 9.47 Å². The number of carbonyl (C=O) groups is 1. The molecule has 0 atom stereocenters. The van der Waals surface area contributed by atoms with Gasteiger partial charge >= 0.3 is 6.03 Å². The molecule has 0 N–H and O–H groups in total. The molecule has 0 bridgehead atoms. The SMILES string of the molecule is CCOc1ccc(-c2cn(C3CN(C(=O)N4CCOCC4)C3)nn2)cc1F. The van der Waals surface area contributed by atoms with Crippen molar-refractivity contribution in [2.75, 3.05) is 46.0 Å². The maximum absolute atomic E-state index is 14.0. The standard InChI is InChI=1S/C18H22FN5O3/c1-2-27-17-4-3-13(9-15(17)19)16-12-24(21-20-16)14-10-23(11-14)18(25)22-5-7-26-8-6-22/h3-4,9,12,14H,2,5-8,10-11H2,1H3. The predicted octanol–water partition coefficient (Wildman–Crippen LogP) is 1.79. The third-order valence-corrected chi connectivity index (χ3v) is 4.83. The Labute approximate surface area is 156 Å². The first-order valence-electron chi connectivity index (χ1n) is 9.12. The van der Waals surface area contributed by atoms with Crippen LogP contribution in [-0.4, -0.2) is 76.8 Å². The van der Waals surface area contributed by atoms with Gasteiger partial charge in [0.15, 0.2) is 11.6 Å². The summed E-state index contributed by atoms with van der Waals surface area (Å²) in [5, 5.41) is 8.29. The number of urea groups is 1. The monoisotopic (exact) mass is 375 g/mol. The number of hydrogen-bond acceptors (Lipinski definition) is 5. The molecule has 2 aromatic rings. The van der Waals surface area contributed by atoms with E-state index < -0.39 is 5.82 Å². The average Bonchev–Trinajstić information content (AvgIpc) is 3.12. The van der Waals surface area contributed by atoms with E-state index in [0.29, 0.717) is 57.3 Å². The van der Waals surface area contributed by atoms with Crippen molar-refractivity contribution in [1.29, 1.82) is 0 Å². The highest BCUT2D eigenvalue weighted by Gasteiger charge is 2.35. The minimum atomic E-state index is -0.421. The molecule has 0 radical (unpaired) electrons. The minimum Gasteiger partial charge on any atom is -0.491 e. The molecule has 2 saturated heterocycles. The van der Waals surface area contributed by atoms with Gasteiger partial charge in [0.1, 0.15) is 5.69 Å². The summed E-state index contributed by atoms with van der Waals surface area (Å²) in [6.45, 7) is 5.86. The van der Waals surface area contributed by atoms with Crippen molar-refractivity contribution in [2.24, 2.45) is 0 Å². The number of nitrogens with zero attached hydrogens (tertiary/aromatic N) is 5. The molecular weight excluding hydrogens is 353 g/mol. The summed E-state index contributed by atoms with van der Waals surface area (Å²) in [6.07, 6.45) is 1.79. The predicted molar refractivity (Wildman–Crippen MR) is 95.0 cm³/mol. The molecule has 9 heteroatoms. The molecule has 1 aromatic carbocycles. The highest BCUT2D eigenvalue weighted by molar-refractivity contribution is 5.75. The van der Waals surface area contributed by atoms with Crippen molar-refractivity contribution >= 4 is 6.03 Å². The summed E-state index contributed by atoms with van der Waals surface area (Å²) >= 11 is 0. The van der Waals surface area contributed by atoms with Gasteiger partial charge in [-0.15, -0.1) is 5.10 Å². The number of aromatic nitrogens is 3. The smallest absolute Gasteiger partial charge is 0.320 e. The van der Waals surface area contributed by atoms with Crippen molar-refractivity contribution in [3.8, 4) is 17.0 Å². The summed E-state index contributed by atoms with van der Waals surface area (Å²) < 4.78 is 26.3. The zero-order valence-electron chi connectivity index (χ0n) is 15.2. The first kappa shape index (κ1) is 17.7. The van der Waals surface area contributed by atoms with Gasteiger partial charge in [0, 0.05) is 31.7 Å². The van der Waals surface area contributed by atoms with E-state index in [1.54, 1.807) is 27.9 Å². The topological polar surface area (TPSA) is 72.7 Å². The number of hydrogen-bond donors (Lipinski definition) is 0. The van der Waals surface area contributed by atoms with Gasteiger partial charge in [0.05, 0.1) is 32.1 Å². The summed E-state index contributed by atoms with van der Waals surface area (Å²) in [4.78, 5) is 16.0. The lowest BCUT2D eigenvalue weighted by Crippen LogP contribution is -2.57. The van der Waals surface area contributed by atoms with Gasteiger partial charge in [-0.2, -0.15) is 0 Å². The lowest BCUT2D eigenvalue weighted by atomic mass is 10.1. The Bertz CT molecular complexity index is 815. The van der Waals surface area contributed by atoms with Crippen LogP contribution < -0.4 is 4.74 Å². The molecule has 4 rings (SSSR count). The normalized spacial score (nSPS) is 17.7. The molecule has 0 saturated carbocycles. The fourth-order valence-electron chi connectivity index (χ4n) is 3.25. The van der Waals surface area contributed by atoms with E-state index in [2.05, 4.69) is 10.3 Å². The van der Waals surface area contributed by atoms with Crippen LogP contribution in [0.25, 0.3) is 11.3 Å². The van der Waals surface area contributed by atoms with E-state index in [-0.39, 0.29) is 17.8 Å². The van der Waals surface area contributed by atoms with Crippen LogP contribution in [-0.2, 0) is 4.74 Å². The molecule has 2 amide bonds. The number of rotatable bonds is 4. The van der Waals surface area contributed by atoms with Crippen molar-refractivity contribution in [3.63, 3.8) is 0 Å². The third kappa shape index (κ3) is 3.59. The van der Waals surface area contributed by atoms with E-state index in [9.17, 15) is 9.18 Å². The number of carbonyl (C=O) groups excluding carboxylic acids is 1.